The first-order chi connectivity index (χ1) is 12.8. The highest BCUT2D eigenvalue weighted by Crippen LogP contribution is 2.36. The first-order valence-electron chi connectivity index (χ1n) is 8.45. The number of halogens is 4. The van der Waals surface area contributed by atoms with E-state index in [0.717, 1.165) is 18.4 Å². The highest BCUT2D eigenvalue weighted by Gasteiger charge is 2.40. The molecule has 0 aromatic heterocycles. The van der Waals surface area contributed by atoms with Crippen molar-refractivity contribution in [3.63, 3.8) is 0 Å². The number of alkyl halides is 3. The maximum Gasteiger partial charge on any atom is 0.412 e. The van der Waals surface area contributed by atoms with Crippen LogP contribution >= 0.6 is 11.6 Å². The van der Waals surface area contributed by atoms with Crippen LogP contribution in [-0.4, -0.2) is 24.8 Å². The van der Waals surface area contributed by atoms with Crippen LogP contribution < -0.4 is 11.1 Å². The molecule has 0 bridgehead atoms. The minimum absolute atomic E-state index is 0.0299. The topological polar surface area (TPSA) is 59.6 Å². The molecule has 1 heterocycles. The number of benzene rings is 2. The Hall–Kier alpha value is -2.41. The first kappa shape index (κ1) is 19.4. The largest absolute Gasteiger partial charge is 0.463 e. The smallest absolute Gasteiger partial charge is 0.412 e. The van der Waals surface area contributed by atoms with Gasteiger partial charge in [0.1, 0.15) is 12.6 Å². The summed E-state index contributed by atoms with van der Waals surface area (Å²) in [6.45, 7) is 0.472. The van der Waals surface area contributed by atoms with Gasteiger partial charge in [-0.25, -0.2) is 4.99 Å². The zero-order valence-electron chi connectivity index (χ0n) is 14.3. The van der Waals surface area contributed by atoms with E-state index in [9.17, 15) is 13.2 Å². The molecule has 0 spiro atoms. The molecule has 144 valence electrons. The summed E-state index contributed by atoms with van der Waals surface area (Å²) in [7, 11) is 0. The molecule has 0 saturated heterocycles. The lowest BCUT2D eigenvalue weighted by Crippen LogP contribution is -2.27. The Morgan fingerprint density at radius 3 is 2.37 bits per heavy atom. The number of anilines is 1. The van der Waals surface area contributed by atoms with Crippen molar-refractivity contribution in [1.82, 2.24) is 0 Å². The molecule has 1 aliphatic heterocycles. The zero-order chi connectivity index (χ0) is 19.4. The van der Waals surface area contributed by atoms with E-state index in [4.69, 9.17) is 22.1 Å². The van der Waals surface area contributed by atoms with Crippen LogP contribution in [0.2, 0.25) is 5.02 Å². The van der Waals surface area contributed by atoms with Crippen molar-refractivity contribution in [1.29, 1.82) is 0 Å². The van der Waals surface area contributed by atoms with E-state index in [-0.39, 0.29) is 17.6 Å². The molecule has 2 atom stereocenters. The van der Waals surface area contributed by atoms with Gasteiger partial charge in [-0.1, -0.05) is 35.9 Å². The summed E-state index contributed by atoms with van der Waals surface area (Å²) in [5.41, 5.74) is 6.98. The lowest BCUT2D eigenvalue weighted by molar-refractivity contribution is -0.144. The number of ether oxygens (including phenoxy) is 1. The Labute approximate surface area is 160 Å². The zero-order valence-corrected chi connectivity index (χ0v) is 15.1. The number of aliphatic imine (C=N–C) groups is 1. The second-order valence-electron chi connectivity index (χ2n) is 6.34. The van der Waals surface area contributed by atoms with Crippen LogP contribution in [0, 0.1) is 0 Å². The molecule has 27 heavy (non-hydrogen) atoms. The van der Waals surface area contributed by atoms with Crippen LogP contribution in [0.3, 0.4) is 0 Å². The molecule has 8 heteroatoms. The van der Waals surface area contributed by atoms with Gasteiger partial charge in [-0.15, -0.1) is 0 Å². The van der Waals surface area contributed by atoms with E-state index in [2.05, 4.69) is 10.3 Å². The fourth-order valence-electron chi connectivity index (χ4n) is 2.86. The van der Waals surface area contributed by atoms with Gasteiger partial charge < -0.3 is 15.8 Å². The summed E-state index contributed by atoms with van der Waals surface area (Å²) in [5.74, 6) is 0. The predicted octanol–water partition coefficient (Wildman–Crippen LogP) is 4.70. The second kappa shape index (κ2) is 8.08. The van der Waals surface area contributed by atoms with Crippen LogP contribution in [0.4, 0.5) is 18.9 Å². The lowest BCUT2D eigenvalue weighted by Gasteiger charge is -2.23. The van der Waals surface area contributed by atoms with E-state index < -0.39 is 12.2 Å². The molecule has 1 aliphatic rings. The van der Waals surface area contributed by atoms with E-state index >= 15 is 0 Å². The minimum atomic E-state index is -4.44. The van der Waals surface area contributed by atoms with Crippen molar-refractivity contribution in [3.05, 3.63) is 64.7 Å². The fraction of sp³-hybridized carbons (Fsp3) is 0.316. The molecule has 0 unspecified atom stereocenters. The van der Waals surface area contributed by atoms with E-state index in [1.54, 1.807) is 24.3 Å². The molecule has 2 aromatic carbocycles. The van der Waals surface area contributed by atoms with Gasteiger partial charge in [0, 0.05) is 10.7 Å². The van der Waals surface area contributed by atoms with Crippen LogP contribution in [0.1, 0.15) is 23.6 Å². The van der Waals surface area contributed by atoms with Crippen molar-refractivity contribution >= 4 is 23.3 Å². The molecule has 0 radical (unpaired) electrons. The number of nitrogens with zero attached hydrogens (tertiary/aromatic N) is 1. The number of nitrogens with two attached hydrogens (primary N) is 1. The molecule has 0 saturated carbocycles. The monoisotopic (exact) mass is 397 g/mol. The van der Waals surface area contributed by atoms with Crippen LogP contribution in [0.5, 0.6) is 0 Å². The quantitative estimate of drug-likeness (QED) is 0.742. The maximum absolute atomic E-state index is 13.5. The van der Waals surface area contributed by atoms with Gasteiger partial charge in [0.05, 0.1) is 6.04 Å². The molecule has 3 rings (SSSR count). The Kier molecular flexibility index (Phi) is 5.79. The van der Waals surface area contributed by atoms with Gasteiger partial charge >= 0.3 is 6.18 Å². The molecule has 3 N–H and O–H groups in total. The first-order valence-corrected chi connectivity index (χ1v) is 8.83. The van der Waals surface area contributed by atoms with Crippen molar-refractivity contribution in [2.24, 2.45) is 10.7 Å². The summed E-state index contributed by atoms with van der Waals surface area (Å²) in [4.78, 5) is 4.15. The van der Waals surface area contributed by atoms with E-state index in [1.807, 2.05) is 0 Å². The molecule has 0 aliphatic carbocycles. The molecule has 0 fully saturated rings. The lowest BCUT2D eigenvalue weighted by atomic mass is 10.0. The summed E-state index contributed by atoms with van der Waals surface area (Å²) in [5, 5.41) is 2.95. The van der Waals surface area contributed by atoms with E-state index in [0.29, 0.717) is 17.3 Å². The predicted molar refractivity (Wildman–Crippen MR) is 100.0 cm³/mol. The number of hydrogen-bond donors (Lipinski definition) is 2. The molecule has 0 amide bonds. The summed E-state index contributed by atoms with van der Waals surface area (Å²) < 4.78 is 45.5. The Morgan fingerprint density at radius 1 is 1.15 bits per heavy atom. The van der Waals surface area contributed by atoms with Gasteiger partial charge in [0.25, 0.3) is 6.02 Å². The van der Waals surface area contributed by atoms with Crippen molar-refractivity contribution in [2.45, 2.75) is 31.1 Å². The Balaban J connectivity index is 1.65. The van der Waals surface area contributed by atoms with Gasteiger partial charge in [-0.05, 0) is 48.2 Å². The molecular formula is C19H19ClF3N3O. The fourth-order valence-corrected chi connectivity index (χ4v) is 2.99. The average molecular weight is 398 g/mol. The number of amidine groups is 1. The Morgan fingerprint density at radius 2 is 1.81 bits per heavy atom. The van der Waals surface area contributed by atoms with Crippen molar-refractivity contribution in [2.75, 3.05) is 11.9 Å². The highest BCUT2D eigenvalue weighted by atomic mass is 35.5. The number of rotatable bonds is 6. The van der Waals surface area contributed by atoms with Crippen molar-refractivity contribution < 1.29 is 17.9 Å². The van der Waals surface area contributed by atoms with E-state index in [1.165, 1.54) is 24.3 Å². The summed E-state index contributed by atoms with van der Waals surface area (Å²) >= 11 is 5.77. The van der Waals surface area contributed by atoms with Gasteiger partial charge in [0.15, 0.2) is 0 Å². The SMILES string of the molecule is NC1=N[C@@H](CCc2ccc(N[C@@H](c3ccc(Cl)cc3)C(F)(F)F)cc2)CO1. The third-order valence-corrected chi connectivity index (χ3v) is 4.55. The van der Waals surface area contributed by atoms with Crippen molar-refractivity contribution in [3.8, 4) is 0 Å². The molecular weight excluding hydrogens is 379 g/mol. The van der Waals surface area contributed by atoms with Crippen LogP contribution in [0.25, 0.3) is 0 Å². The molecule has 4 nitrogen and oxygen atoms in total. The standard InChI is InChI=1S/C19H19ClF3N3O/c20-14-6-4-13(5-7-14)17(19(21,22)23)25-15-8-1-12(2-9-15)3-10-16-11-27-18(24)26-16/h1-2,4-9,16-17,25H,3,10-11H2,(H2,24,26)/t16-,17-/m0/s1. The maximum atomic E-state index is 13.5. The number of hydrogen-bond acceptors (Lipinski definition) is 4. The number of nitrogens with one attached hydrogen (secondary N) is 1. The van der Waals surface area contributed by atoms with Crippen LogP contribution in [0.15, 0.2) is 53.5 Å². The molecule has 2 aromatic rings. The average Bonchev–Trinajstić information content (AvgIpc) is 3.04. The van der Waals surface area contributed by atoms with Gasteiger partial charge in [-0.2, -0.15) is 13.2 Å². The van der Waals surface area contributed by atoms with Gasteiger partial charge in [0.2, 0.25) is 0 Å². The highest BCUT2D eigenvalue weighted by molar-refractivity contribution is 6.30. The van der Waals surface area contributed by atoms with Gasteiger partial charge in [-0.3, -0.25) is 0 Å². The Bertz CT molecular complexity index is 791. The third-order valence-electron chi connectivity index (χ3n) is 4.30. The number of aryl methyl sites for hydroxylation is 1. The summed E-state index contributed by atoms with van der Waals surface area (Å²) in [6, 6.07) is 11.0. The second-order valence-corrected chi connectivity index (χ2v) is 6.77. The normalized spacial score (nSPS) is 17.9. The third kappa shape index (κ3) is 5.29. The minimum Gasteiger partial charge on any atom is -0.463 e. The van der Waals surface area contributed by atoms with Crippen LogP contribution in [-0.2, 0) is 11.2 Å². The summed E-state index contributed by atoms with van der Waals surface area (Å²) in [6.07, 6.45) is -2.93.